The average molecular weight is 400 g/mol. The van der Waals surface area contributed by atoms with Crippen molar-refractivity contribution in [2.24, 2.45) is 0 Å². The first-order valence-corrected chi connectivity index (χ1v) is 9.43. The van der Waals surface area contributed by atoms with Crippen LogP contribution < -0.4 is 4.74 Å². The molecule has 0 saturated carbocycles. The van der Waals surface area contributed by atoms with E-state index in [1.165, 1.54) is 0 Å². The lowest BCUT2D eigenvalue weighted by molar-refractivity contribution is -0.140. The zero-order valence-electron chi connectivity index (χ0n) is 16.0. The average Bonchev–Trinajstić information content (AvgIpc) is 3.15. The molecule has 0 bridgehead atoms. The molecule has 3 aromatic rings. The number of ether oxygens (including phenoxy) is 1. The third kappa shape index (κ3) is 4.70. The van der Waals surface area contributed by atoms with Gasteiger partial charge in [-0.25, -0.2) is 0 Å². The van der Waals surface area contributed by atoms with Gasteiger partial charge in [-0.05, 0) is 45.0 Å². The van der Waals surface area contributed by atoms with Crippen LogP contribution in [0.25, 0.3) is 11.5 Å². The standard InChI is InChI=1S/C21H22ClN3O3/c1-14(2)25(21(26)15(3)27-16-9-5-4-6-10-16)13-19-23-24-20(28-19)17-11-7-8-12-18(17)22/h4-12,14-15H,13H2,1-3H3. The maximum atomic E-state index is 12.9. The van der Waals surface area contributed by atoms with Crippen molar-refractivity contribution in [2.45, 2.75) is 39.5 Å². The molecule has 7 heteroatoms. The van der Waals surface area contributed by atoms with Gasteiger partial charge < -0.3 is 14.1 Å². The van der Waals surface area contributed by atoms with Gasteiger partial charge >= 0.3 is 0 Å². The molecule has 146 valence electrons. The van der Waals surface area contributed by atoms with E-state index < -0.39 is 6.10 Å². The number of benzene rings is 2. The first kappa shape index (κ1) is 19.9. The van der Waals surface area contributed by atoms with Crippen LogP contribution in [0.2, 0.25) is 5.02 Å². The molecule has 28 heavy (non-hydrogen) atoms. The Hall–Kier alpha value is -2.86. The van der Waals surface area contributed by atoms with Gasteiger partial charge in [-0.3, -0.25) is 4.79 Å². The Bertz CT molecular complexity index is 927. The van der Waals surface area contributed by atoms with E-state index in [1.807, 2.05) is 56.3 Å². The molecule has 0 aliphatic carbocycles. The largest absolute Gasteiger partial charge is 0.481 e. The summed E-state index contributed by atoms with van der Waals surface area (Å²) in [5, 5.41) is 8.66. The highest BCUT2D eigenvalue weighted by Gasteiger charge is 2.26. The van der Waals surface area contributed by atoms with Crippen molar-refractivity contribution in [1.82, 2.24) is 15.1 Å². The third-order valence-electron chi connectivity index (χ3n) is 4.19. The molecule has 0 fully saturated rings. The Morgan fingerprint density at radius 1 is 1.07 bits per heavy atom. The Morgan fingerprint density at radius 3 is 2.43 bits per heavy atom. The molecule has 1 aromatic heterocycles. The molecule has 3 rings (SSSR count). The van der Waals surface area contributed by atoms with Gasteiger partial charge in [-0.1, -0.05) is 41.9 Å². The summed E-state index contributed by atoms with van der Waals surface area (Å²) in [5.41, 5.74) is 0.658. The lowest BCUT2D eigenvalue weighted by Gasteiger charge is -2.28. The molecule has 1 amide bonds. The van der Waals surface area contributed by atoms with E-state index in [0.29, 0.717) is 28.1 Å². The van der Waals surface area contributed by atoms with Crippen molar-refractivity contribution in [3.8, 4) is 17.2 Å². The maximum Gasteiger partial charge on any atom is 0.264 e. The number of aromatic nitrogens is 2. The maximum absolute atomic E-state index is 12.9. The Labute approximate surface area is 169 Å². The Kier molecular flexibility index (Phi) is 6.31. The van der Waals surface area contributed by atoms with Crippen molar-refractivity contribution in [1.29, 1.82) is 0 Å². The molecule has 1 unspecified atom stereocenters. The Morgan fingerprint density at radius 2 is 1.75 bits per heavy atom. The lowest BCUT2D eigenvalue weighted by Crippen LogP contribution is -2.43. The number of para-hydroxylation sites is 1. The van der Waals surface area contributed by atoms with E-state index in [-0.39, 0.29) is 18.5 Å². The molecular weight excluding hydrogens is 378 g/mol. The van der Waals surface area contributed by atoms with E-state index >= 15 is 0 Å². The van der Waals surface area contributed by atoms with Crippen LogP contribution in [0.5, 0.6) is 5.75 Å². The molecule has 1 heterocycles. The number of amides is 1. The Balaban J connectivity index is 1.73. The van der Waals surface area contributed by atoms with Crippen LogP contribution >= 0.6 is 11.6 Å². The number of carbonyl (C=O) groups excluding carboxylic acids is 1. The number of rotatable bonds is 7. The van der Waals surface area contributed by atoms with Crippen LogP contribution in [-0.2, 0) is 11.3 Å². The molecule has 0 N–H and O–H groups in total. The zero-order chi connectivity index (χ0) is 20.1. The monoisotopic (exact) mass is 399 g/mol. The lowest BCUT2D eigenvalue weighted by atomic mass is 10.2. The molecule has 0 spiro atoms. The van der Waals surface area contributed by atoms with Gasteiger partial charge in [-0.15, -0.1) is 10.2 Å². The fourth-order valence-electron chi connectivity index (χ4n) is 2.71. The molecule has 2 aromatic carbocycles. The molecule has 0 aliphatic heterocycles. The minimum absolute atomic E-state index is 0.0648. The number of halogens is 1. The molecule has 0 aliphatic rings. The summed E-state index contributed by atoms with van der Waals surface area (Å²) < 4.78 is 11.5. The van der Waals surface area contributed by atoms with Gasteiger partial charge in [0.15, 0.2) is 6.10 Å². The second-order valence-electron chi connectivity index (χ2n) is 6.61. The quantitative estimate of drug-likeness (QED) is 0.581. The summed E-state index contributed by atoms with van der Waals surface area (Å²) in [6.45, 7) is 5.78. The van der Waals surface area contributed by atoms with Crippen LogP contribution in [0, 0.1) is 0 Å². The summed E-state index contributed by atoms with van der Waals surface area (Å²) in [4.78, 5) is 14.6. The van der Waals surface area contributed by atoms with Crippen molar-refractivity contribution in [3.63, 3.8) is 0 Å². The molecule has 1 atom stereocenters. The third-order valence-corrected chi connectivity index (χ3v) is 4.52. The minimum Gasteiger partial charge on any atom is -0.481 e. The van der Waals surface area contributed by atoms with Crippen LogP contribution in [-0.4, -0.2) is 33.2 Å². The molecular formula is C21H22ClN3O3. The van der Waals surface area contributed by atoms with Crippen LogP contribution in [0.3, 0.4) is 0 Å². The summed E-state index contributed by atoms with van der Waals surface area (Å²) in [5.74, 6) is 1.15. The van der Waals surface area contributed by atoms with Gasteiger partial charge in [0.2, 0.25) is 11.8 Å². The molecule has 0 radical (unpaired) electrons. The number of hydrogen-bond donors (Lipinski definition) is 0. The van der Waals surface area contributed by atoms with Gasteiger partial charge in [0.05, 0.1) is 17.1 Å². The number of hydrogen-bond acceptors (Lipinski definition) is 5. The summed E-state index contributed by atoms with van der Waals surface area (Å²) in [7, 11) is 0. The second-order valence-corrected chi connectivity index (χ2v) is 7.02. The summed E-state index contributed by atoms with van der Waals surface area (Å²) in [6.07, 6.45) is -0.643. The van der Waals surface area contributed by atoms with Crippen molar-refractivity contribution < 1.29 is 13.9 Å². The fraction of sp³-hybridized carbons (Fsp3) is 0.286. The van der Waals surface area contributed by atoms with E-state index in [9.17, 15) is 4.79 Å². The molecule has 0 saturated heterocycles. The zero-order valence-corrected chi connectivity index (χ0v) is 16.8. The smallest absolute Gasteiger partial charge is 0.264 e. The van der Waals surface area contributed by atoms with Crippen LogP contribution in [0.4, 0.5) is 0 Å². The van der Waals surface area contributed by atoms with Crippen molar-refractivity contribution >= 4 is 17.5 Å². The normalized spacial score (nSPS) is 12.0. The molecule has 6 nitrogen and oxygen atoms in total. The number of carbonyl (C=O) groups is 1. The summed E-state index contributed by atoms with van der Waals surface area (Å²) in [6, 6.07) is 16.4. The van der Waals surface area contributed by atoms with E-state index in [0.717, 1.165) is 0 Å². The van der Waals surface area contributed by atoms with Gasteiger partial charge in [-0.2, -0.15) is 0 Å². The predicted octanol–water partition coefficient (Wildman–Crippen LogP) is 4.59. The van der Waals surface area contributed by atoms with Crippen molar-refractivity contribution in [2.75, 3.05) is 0 Å². The van der Waals surface area contributed by atoms with Crippen molar-refractivity contribution in [3.05, 3.63) is 65.5 Å². The highest BCUT2D eigenvalue weighted by Crippen LogP contribution is 2.26. The SMILES string of the molecule is CC(Oc1ccccc1)C(=O)N(Cc1nnc(-c2ccccc2Cl)o1)C(C)C. The first-order chi connectivity index (χ1) is 13.5. The van der Waals surface area contributed by atoms with Gasteiger partial charge in [0.25, 0.3) is 5.91 Å². The highest BCUT2D eigenvalue weighted by atomic mass is 35.5. The van der Waals surface area contributed by atoms with E-state index in [4.69, 9.17) is 20.8 Å². The van der Waals surface area contributed by atoms with E-state index in [1.54, 1.807) is 24.0 Å². The first-order valence-electron chi connectivity index (χ1n) is 9.05. The van der Waals surface area contributed by atoms with Crippen LogP contribution in [0.1, 0.15) is 26.7 Å². The topological polar surface area (TPSA) is 68.5 Å². The van der Waals surface area contributed by atoms with E-state index in [2.05, 4.69) is 10.2 Å². The number of nitrogens with zero attached hydrogens (tertiary/aromatic N) is 3. The summed E-state index contributed by atoms with van der Waals surface area (Å²) >= 11 is 6.18. The predicted molar refractivity (Wildman–Crippen MR) is 107 cm³/mol. The fourth-order valence-corrected chi connectivity index (χ4v) is 2.93. The van der Waals surface area contributed by atoms with Gasteiger partial charge in [0.1, 0.15) is 5.75 Å². The highest BCUT2D eigenvalue weighted by molar-refractivity contribution is 6.33. The van der Waals surface area contributed by atoms with Gasteiger partial charge in [0, 0.05) is 6.04 Å². The second kappa shape index (κ2) is 8.89. The minimum atomic E-state index is -0.643. The van der Waals surface area contributed by atoms with Crippen LogP contribution in [0.15, 0.2) is 59.0 Å².